The minimum atomic E-state index is 0.364. The second-order valence-corrected chi connectivity index (χ2v) is 7.22. The molecule has 1 aromatic carbocycles. The lowest BCUT2D eigenvalue weighted by molar-refractivity contribution is 0.365. The van der Waals surface area contributed by atoms with Crippen LogP contribution in [0.25, 0.3) is 0 Å². The highest BCUT2D eigenvalue weighted by Gasteiger charge is 2.32. The van der Waals surface area contributed by atoms with Gasteiger partial charge in [0.1, 0.15) is 6.07 Å². The average molecular weight is 373 g/mol. The predicted octanol–water partition coefficient (Wildman–Crippen LogP) is 3.97. The van der Waals surface area contributed by atoms with E-state index in [1.807, 2.05) is 18.2 Å². The highest BCUT2D eigenvalue weighted by molar-refractivity contribution is 9.10. The van der Waals surface area contributed by atoms with Crippen molar-refractivity contribution in [1.82, 2.24) is 10.1 Å². The first-order chi connectivity index (χ1) is 11.2. The summed E-state index contributed by atoms with van der Waals surface area (Å²) in [4.78, 5) is 6.87. The zero-order valence-electron chi connectivity index (χ0n) is 12.7. The third-order valence-corrected chi connectivity index (χ3v) is 5.16. The average Bonchev–Trinajstić information content (AvgIpc) is 3.32. The molecule has 2 fully saturated rings. The van der Waals surface area contributed by atoms with Gasteiger partial charge in [0.25, 0.3) is 0 Å². The first-order valence-corrected chi connectivity index (χ1v) is 8.82. The number of halogens is 1. The third kappa shape index (κ3) is 2.98. The molecule has 0 amide bonds. The van der Waals surface area contributed by atoms with Gasteiger partial charge in [-0.25, -0.2) is 0 Å². The van der Waals surface area contributed by atoms with E-state index in [9.17, 15) is 5.26 Å². The van der Waals surface area contributed by atoms with Crippen LogP contribution >= 0.6 is 15.9 Å². The minimum absolute atomic E-state index is 0.364. The molecule has 0 unspecified atom stereocenters. The van der Waals surface area contributed by atoms with Crippen molar-refractivity contribution in [2.24, 2.45) is 0 Å². The van der Waals surface area contributed by atoms with Crippen molar-refractivity contribution in [2.75, 3.05) is 18.0 Å². The van der Waals surface area contributed by atoms with E-state index < -0.39 is 0 Å². The van der Waals surface area contributed by atoms with E-state index in [1.165, 1.54) is 12.8 Å². The molecule has 1 saturated heterocycles. The Kier molecular flexibility index (Phi) is 3.82. The molecule has 1 saturated carbocycles. The van der Waals surface area contributed by atoms with Crippen LogP contribution < -0.4 is 4.90 Å². The van der Waals surface area contributed by atoms with Crippen LogP contribution in [0.2, 0.25) is 0 Å². The van der Waals surface area contributed by atoms with E-state index in [-0.39, 0.29) is 0 Å². The van der Waals surface area contributed by atoms with Crippen molar-refractivity contribution in [3.8, 4) is 6.07 Å². The zero-order valence-corrected chi connectivity index (χ0v) is 14.3. The Labute approximate surface area is 143 Å². The molecule has 4 rings (SSSR count). The number of hydrogen-bond acceptors (Lipinski definition) is 5. The topological polar surface area (TPSA) is 66.0 Å². The smallest absolute Gasteiger partial charge is 0.229 e. The van der Waals surface area contributed by atoms with E-state index in [4.69, 9.17) is 4.52 Å². The molecule has 2 aromatic rings. The quantitative estimate of drug-likeness (QED) is 0.815. The van der Waals surface area contributed by atoms with Gasteiger partial charge in [-0.3, -0.25) is 0 Å². The first kappa shape index (κ1) is 14.7. The second-order valence-electron chi connectivity index (χ2n) is 6.30. The van der Waals surface area contributed by atoms with Gasteiger partial charge >= 0.3 is 0 Å². The summed E-state index contributed by atoms with van der Waals surface area (Å²) in [5, 5.41) is 13.5. The van der Waals surface area contributed by atoms with Crippen molar-refractivity contribution in [1.29, 1.82) is 5.26 Å². The summed E-state index contributed by atoms with van der Waals surface area (Å²) in [6.45, 7) is 1.82. The number of nitrogens with zero attached hydrogens (tertiary/aromatic N) is 4. The van der Waals surface area contributed by atoms with Crippen LogP contribution in [-0.2, 0) is 0 Å². The molecule has 0 N–H and O–H groups in total. The highest BCUT2D eigenvalue weighted by atomic mass is 79.9. The molecule has 2 aliphatic rings. The van der Waals surface area contributed by atoms with Crippen molar-refractivity contribution >= 4 is 21.6 Å². The van der Waals surface area contributed by atoms with Gasteiger partial charge in [0.05, 0.1) is 11.3 Å². The van der Waals surface area contributed by atoms with Gasteiger partial charge in [0.2, 0.25) is 5.89 Å². The third-order valence-electron chi connectivity index (χ3n) is 4.66. The van der Waals surface area contributed by atoms with Crippen molar-refractivity contribution < 1.29 is 4.52 Å². The maximum absolute atomic E-state index is 9.33. The van der Waals surface area contributed by atoms with E-state index in [2.05, 4.69) is 37.0 Å². The summed E-state index contributed by atoms with van der Waals surface area (Å²) in [5.41, 5.74) is 1.73. The number of hydrogen-bond donors (Lipinski definition) is 0. The molecule has 0 bridgehead atoms. The van der Waals surface area contributed by atoms with Gasteiger partial charge in [-0.2, -0.15) is 10.2 Å². The minimum Gasteiger partial charge on any atom is -0.370 e. The SMILES string of the molecule is N#Cc1cc(Br)ccc1N1CCC(c2noc(C3CC3)n2)CC1. The van der Waals surface area contributed by atoms with Crippen LogP contribution in [0.15, 0.2) is 27.2 Å². The maximum Gasteiger partial charge on any atom is 0.229 e. The number of nitriles is 1. The van der Waals surface area contributed by atoms with Crippen LogP contribution in [0.5, 0.6) is 0 Å². The van der Waals surface area contributed by atoms with E-state index in [0.29, 0.717) is 17.4 Å². The Hall–Kier alpha value is -1.87. The molecule has 1 aliphatic heterocycles. The molecule has 0 atom stereocenters. The first-order valence-electron chi connectivity index (χ1n) is 8.02. The van der Waals surface area contributed by atoms with Crippen LogP contribution in [0.1, 0.15) is 54.8 Å². The van der Waals surface area contributed by atoms with Crippen molar-refractivity contribution in [3.05, 3.63) is 40.0 Å². The number of benzene rings is 1. The summed E-state index contributed by atoms with van der Waals surface area (Å²) >= 11 is 3.42. The lowest BCUT2D eigenvalue weighted by Gasteiger charge is -2.33. The zero-order chi connectivity index (χ0) is 15.8. The summed E-state index contributed by atoms with van der Waals surface area (Å²) in [7, 11) is 0. The van der Waals surface area contributed by atoms with Gasteiger partial charge < -0.3 is 9.42 Å². The Morgan fingerprint density at radius 1 is 1.17 bits per heavy atom. The van der Waals surface area contributed by atoms with Gasteiger partial charge in [-0.1, -0.05) is 21.1 Å². The fourth-order valence-corrected chi connectivity index (χ4v) is 3.52. The van der Waals surface area contributed by atoms with E-state index in [0.717, 1.165) is 47.8 Å². The summed E-state index contributed by atoms with van der Waals surface area (Å²) < 4.78 is 6.32. The van der Waals surface area contributed by atoms with Crippen molar-refractivity contribution in [3.63, 3.8) is 0 Å². The Morgan fingerprint density at radius 2 is 1.96 bits per heavy atom. The predicted molar refractivity (Wildman–Crippen MR) is 89.3 cm³/mol. The maximum atomic E-state index is 9.33. The largest absolute Gasteiger partial charge is 0.370 e. The number of piperidine rings is 1. The second kappa shape index (κ2) is 5.97. The molecule has 6 heteroatoms. The summed E-state index contributed by atoms with van der Waals surface area (Å²) in [6.07, 6.45) is 4.34. The number of aromatic nitrogens is 2. The van der Waals surface area contributed by atoms with Crippen molar-refractivity contribution in [2.45, 2.75) is 37.5 Å². The Morgan fingerprint density at radius 3 is 2.65 bits per heavy atom. The molecular weight excluding hydrogens is 356 g/mol. The molecule has 2 heterocycles. The standard InChI is InChI=1S/C17H17BrN4O/c18-14-3-4-15(13(9-14)10-19)22-7-5-11(6-8-22)16-20-17(23-21-16)12-1-2-12/h3-4,9,11-12H,1-2,5-8H2. The van der Waals surface area contributed by atoms with Gasteiger partial charge in [-0.05, 0) is 43.9 Å². The van der Waals surface area contributed by atoms with Gasteiger partial charge in [0.15, 0.2) is 5.82 Å². The molecule has 118 valence electrons. The van der Waals surface area contributed by atoms with Crippen LogP contribution in [0.4, 0.5) is 5.69 Å². The molecule has 1 aromatic heterocycles. The molecule has 0 radical (unpaired) electrons. The number of rotatable bonds is 3. The molecule has 5 nitrogen and oxygen atoms in total. The van der Waals surface area contributed by atoms with E-state index in [1.54, 1.807) is 0 Å². The van der Waals surface area contributed by atoms with E-state index >= 15 is 0 Å². The van der Waals surface area contributed by atoms with Crippen LogP contribution in [-0.4, -0.2) is 23.2 Å². The van der Waals surface area contributed by atoms with Gasteiger partial charge in [-0.15, -0.1) is 0 Å². The molecule has 0 spiro atoms. The summed E-state index contributed by atoms with van der Waals surface area (Å²) in [6, 6.07) is 8.17. The number of anilines is 1. The lowest BCUT2D eigenvalue weighted by Crippen LogP contribution is -2.33. The Bertz CT molecular complexity index is 754. The molecule has 1 aliphatic carbocycles. The fraction of sp³-hybridized carbons (Fsp3) is 0.471. The fourth-order valence-electron chi connectivity index (χ4n) is 3.16. The van der Waals surface area contributed by atoms with Crippen LogP contribution in [0, 0.1) is 11.3 Å². The lowest BCUT2D eigenvalue weighted by atomic mass is 9.95. The summed E-state index contributed by atoms with van der Waals surface area (Å²) in [5.74, 6) is 2.56. The van der Waals surface area contributed by atoms with Gasteiger partial charge in [0, 0.05) is 29.4 Å². The molecule has 23 heavy (non-hydrogen) atoms. The monoisotopic (exact) mass is 372 g/mol. The van der Waals surface area contributed by atoms with Crippen LogP contribution in [0.3, 0.4) is 0 Å². The highest BCUT2D eigenvalue weighted by Crippen LogP contribution is 2.40. The Balaban J connectivity index is 1.45. The molecular formula is C17H17BrN4O. The normalized spacial score (nSPS) is 18.9.